The van der Waals surface area contributed by atoms with E-state index in [1.807, 2.05) is 19.0 Å². The summed E-state index contributed by atoms with van der Waals surface area (Å²) in [5.74, 6) is -3.75. The average Bonchev–Trinajstić information content (AvgIpc) is 3.49. The van der Waals surface area contributed by atoms with Crippen LogP contribution in [-0.4, -0.2) is 77.2 Å². The van der Waals surface area contributed by atoms with Crippen LogP contribution < -0.4 is 15.8 Å². The Bertz CT molecular complexity index is 855. The van der Waals surface area contributed by atoms with Crippen LogP contribution in [0.2, 0.25) is 0 Å². The zero-order valence-electron chi connectivity index (χ0n) is 19.4. The number of carbonyl (C=O) groups excluding carboxylic acids is 2. The quantitative estimate of drug-likeness (QED) is 0.247. The van der Waals surface area contributed by atoms with Crippen LogP contribution in [-0.2, 0) is 9.59 Å². The number of amides is 2. The van der Waals surface area contributed by atoms with Gasteiger partial charge >= 0.3 is 0 Å². The normalized spacial score (nSPS) is 19.6. The summed E-state index contributed by atoms with van der Waals surface area (Å²) in [6.07, 6.45) is 2.28. The van der Waals surface area contributed by atoms with Crippen molar-refractivity contribution < 1.29 is 28.0 Å². The summed E-state index contributed by atoms with van der Waals surface area (Å²) in [6, 6.07) is 0.121. The van der Waals surface area contributed by atoms with E-state index in [1.165, 1.54) is 0 Å². The number of anilines is 2. The largest absolute Gasteiger partial charge is 0.352 e. The molecule has 0 aromatic carbocycles. The number of nitrogens with one attached hydrogen (secondary N) is 2. The summed E-state index contributed by atoms with van der Waals surface area (Å²) in [5.41, 5.74) is 4.63. The highest BCUT2D eigenvalue weighted by Gasteiger charge is 2.31. The van der Waals surface area contributed by atoms with Crippen LogP contribution in [0.3, 0.4) is 0 Å². The van der Waals surface area contributed by atoms with Crippen molar-refractivity contribution in [3.05, 3.63) is 11.6 Å². The Hall–Kier alpha value is -2.67. The fourth-order valence-corrected chi connectivity index (χ4v) is 4.60. The Morgan fingerprint density at radius 3 is 2.56 bits per heavy atom. The third kappa shape index (κ3) is 6.47. The molecule has 2 fully saturated rings. The van der Waals surface area contributed by atoms with Gasteiger partial charge in [-0.1, -0.05) is 25.7 Å². The van der Waals surface area contributed by atoms with Crippen LogP contribution in [0.25, 0.3) is 0 Å². The standard InChI is InChI=1S/C21H32F3N7O3/c1-29(2)15-7-8-30(11-15)20-16(22)18(25-19(26-20)17(23)24)27-28-21(33)14(10-31(34)12-32)9-13-5-3-4-6-13/h12-15,17,34H,3-11H2,1-2H3,(H,28,33)(H,25,26,27)/t14-,15-/m0/s1. The smallest absolute Gasteiger partial charge is 0.297 e. The number of alkyl halides is 2. The molecule has 1 aromatic heterocycles. The number of nitrogens with zero attached hydrogens (tertiary/aromatic N) is 5. The molecule has 2 atom stereocenters. The topological polar surface area (TPSA) is 114 Å². The van der Waals surface area contributed by atoms with E-state index >= 15 is 4.39 Å². The Kier molecular flexibility index (Phi) is 8.89. The van der Waals surface area contributed by atoms with E-state index in [0.717, 1.165) is 32.1 Å². The zero-order valence-corrected chi connectivity index (χ0v) is 19.4. The highest BCUT2D eigenvalue weighted by atomic mass is 19.3. The van der Waals surface area contributed by atoms with Crippen molar-refractivity contribution in [2.24, 2.45) is 11.8 Å². The van der Waals surface area contributed by atoms with Gasteiger partial charge in [-0.25, -0.2) is 23.8 Å². The Balaban J connectivity index is 1.75. The molecule has 0 spiro atoms. The van der Waals surface area contributed by atoms with E-state index in [-0.39, 0.29) is 30.7 Å². The minimum absolute atomic E-state index is 0.121. The number of halogens is 3. The summed E-state index contributed by atoms with van der Waals surface area (Å²) >= 11 is 0. The van der Waals surface area contributed by atoms with Gasteiger partial charge in [0.05, 0.1) is 12.5 Å². The monoisotopic (exact) mass is 487 g/mol. The molecular formula is C21H32F3N7O3. The van der Waals surface area contributed by atoms with Crippen molar-refractivity contribution >= 4 is 24.0 Å². The number of aromatic nitrogens is 2. The molecule has 1 aliphatic carbocycles. The second kappa shape index (κ2) is 11.6. The molecule has 13 heteroatoms. The molecule has 0 bridgehead atoms. The number of hydrazine groups is 1. The second-order valence-corrected chi connectivity index (χ2v) is 9.15. The van der Waals surface area contributed by atoms with Crippen LogP contribution in [0.1, 0.15) is 50.8 Å². The van der Waals surface area contributed by atoms with Crippen LogP contribution in [0, 0.1) is 17.7 Å². The lowest BCUT2D eigenvalue weighted by atomic mass is 9.92. The van der Waals surface area contributed by atoms with Crippen LogP contribution in [0.5, 0.6) is 0 Å². The first-order valence-electron chi connectivity index (χ1n) is 11.4. The SMILES string of the molecule is CN(C)[C@H]1CCN(c2nc(C(F)F)nc(NNC(=O)[C@@H](CC3CCCC3)CN(O)C=O)c2F)C1. The Morgan fingerprint density at radius 1 is 1.26 bits per heavy atom. The van der Waals surface area contributed by atoms with Crippen molar-refractivity contribution in [1.29, 1.82) is 0 Å². The van der Waals surface area contributed by atoms with Crippen LogP contribution in [0.4, 0.5) is 24.8 Å². The summed E-state index contributed by atoms with van der Waals surface area (Å²) in [7, 11) is 3.77. The molecule has 3 N–H and O–H groups in total. The van der Waals surface area contributed by atoms with Gasteiger partial charge in [0.15, 0.2) is 17.5 Å². The molecule has 2 amide bonds. The van der Waals surface area contributed by atoms with Crippen LogP contribution >= 0.6 is 0 Å². The zero-order chi connectivity index (χ0) is 24.8. The molecule has 0 radical (unpaired) electrons. The van der Waals surface area contributed by atoms with Gasteiger partial charge in [0, 0.05) is 19.1 Å². The number of hydrogen-bond donors (Lipinski definition) is 3. The van der Waals surface area contributed by atoms with E-state index in [0.29, 0.717) is 24.6 Å². The van der Waals surface area contributed by atoms with Gasteiger partial charge in [-0.15, -0.1) is 0 Å². The van der Waals surface area contributed by atoms with Crippen molar-refractivity contribution in [3.63, 3.8) is 0 Å². The first kappa shape index (κ1) is 25.9. The molecule has 1 saturated carbocycles. The highest BCUT2D eigenvalue weighted by molar-refractivity contribution is 5.80. The van der Waals surface area contributed by atoms with Crippen molar-refractivity contribution in [2.45, 2.75) is 51.0 Å². The molecule has 3 rings (SSSR count). The van der Waals surface area contributed by atoms with Crippen molar-refractivity contribution in [1.82, 2.24) is 25.4 Å². The predicted octanol–water partition coefficient (Wildman–Crippen LogP) is 2.18. The minimum atomic E-state index is -3.03. The lowest BCUT2D eigenvalue weighted by molar-refractivity contribution is -0.154. The highest BCUT2D eigenvalue weighted by Crippen LogP contribution is 2.31. The van der Waals surface area contributed by atoms with Crippen LogP contribution in [0.15, 0.2) is 0 Å². The second-order valence-electron chi connectivity index (χ2n) is 9.15. The van der Waals surface area contributed by atoms with Gasteiger partial charge in [-0.05, 0) is 32.9 Å². The van der Waals surface area contributed by atoms with Gasteiger partial charge in [-0.2, -0.15) is 4.39 Å². The van der Waals surface area contributed by atoms with Gasteiger partial charge in [0.2, 0.25) is 18.1 Å². The number of likely N-dealkylation sites (N-methyl/N-ethyl adjacent to an activating group) is 1. The fraction of sp³-hybridized carbons (Fsp3) is 0.714. The lowest BCUT2D eigenvalue weighted by Crippen LogP contribution is -2.41. The van der Waals surface area contributed by atoms with Gasteiger partial charge in [0.25, 0.3) is 6.43 Å². The first-order valence-corrected chi connectivity index (χ1v) is 11.4. The molecular weight excluding hydrogens is 455 g/mol. The maximum atomic E-state index is 15.2. The molecule has 190 valence electrons. The number of hydrogen-bond acceptors (Lipinski definition) is 8. The molecule has 1 saturated heterocycles. The van der Waals surface area contributed by atoms with E-state index in [1.54, 1.807) is 4.90 Å². The summed E-state index contributed by atoms with van der Waals surface area (Å²) in [5, 5.41) is 9.97. The lowest BCUT2D eigenvalue weighted by Gasteiger charge is -2.24. The van der Waals surface area contributed by atoms with E-state index < -0.39 is 35.7 Å². The first-order chi connectivity index (χ1) is 16.2. The maximum Gasteiger partial charge on any atom is 0.297 e. The summed E-state index contributed by atoms with van der Waals surface area (Å²) in [4.78, 5) is 34.5. The molecule has 10 nitrogen and oxygen atoms in total. The van der Waals surface area contributed by atoms with Gasteiger partial charge in [-0.3, -0.25) is 25.6 Å². The molecule has 2 aliphatic rings. The van der Waals surface area contributed by atoms with Crippen molar-refractivity contribution in [3.8, 4) is 0 Å². The third-order valence-electron chi connectivity index (χ3n) is 6.54. The van der Waals surface area contributed by atoms with Crippen molar-refractivity contribution in [2.75, 3.05) is 44.1 Å². The van der Waals surface area contributed by atoms with E-state index in [2.05, 4.69) is 20.8 Å². The fourth-order valence-electron chi connectivity index (χ4n) is 4.60. The average molecular weight is 488 g/mol. The number of rotatable bonds is 11. The predicted molar refractivity (Wildman–Crippen MR) is 118 cm³/mol. The molecule has 1 aliphatic heterocycles. The molecule has 1 aromatic rings. The van der Waals surface area contributed by atoms with E-state index in [9.17, 15) is 23.6 Å². The molecule has 34 heavy (non-hydrogen) atoms. The Labute approximate surface area is 196 Å². The molecule has 2 heterocycles. The summed E-state index contributed by atoms with van der Waals surface area (Å²) < 4.78 is 42.1. The Morgan fingerprint density at radius 2 is 1.97 bits per heavy atom. The minimum Gasteiger partial charge on any atom is -0.352 e. The molecule has 0 unspecified atom stereocenters. The van der Waals surface area contributed by atoms with Gasteiger partial charge in [0.1, 0.15) is 0 Å². The third-order valence-corrected chi connectivity index (χ3v) is 6.54. The number of hydroxylamine groups is 2. The summed E-state index contributed by atoms with van der Waals surface area (Å²) in [6.45, 7) is 0.608. The van der Waals surface area contributed by atoms with E-state index in [4.69, 9.17) is 0 Å². The van der Waals surface area contributed by atoms with Gasteiger partial charge < -0.3 is 9.80 Å². The maximum absolute atomic E-state index is 15.2. The number of carbonyl (C=O) groups is 2.